The minimum absolute atomic E-state index is 0.0609. The second-order valence-corrected chi connectivity index (χ2v) is 6.63. The molecule has 10 heteroatoms. The monoisotopic (exact) mass is 388 g/mol. The third-order valence-electron chi connectivity index (χ3n) is 4.56. The highest BCUT2D eigenvalue weighted by Gasteiger charge is 2.20. The number of rotatable bonds is 8. The van der Waals surface area contributed by atoms with Gasteiger partial charge in [0.25, 0.3) is 5.56 Å². The number of aromatic nitrogens is 4. The number of anilines is 1. The molecule has 0 amide bonds. The van der Waals surface area contributed by atoms with Crippen LogP contribution in [-0.4, -0.2) is 55.5 Å². The third-order valence-corrected chi connectivity index (χ3v) is 4.56. The van der Waals surface area contributed by atoms with Crippen LogP contribution in [0.1, 0.15) is 18.4 Å². The summed E-state index contributed by atoms with van der Waals surface area (Å²) in [5.74, 6) is 0.158. The van der Waals surface area contributed by atoms with Gasteiger partial charge in [-0.2, -0.15) is 4.98 Å². The highest BCUT2D eigenvalue weighted by atomic mass is 16.3. The van der Waals surface area contributed by atoms with Gasteiger partial charge in [-0.25, -0.2) is 9.78 Å². The van der Waals surface area contributed by atoms with E-state index in [4.69, 9.17) is 10.8 Å². The van der Waals surface area contributed by atoms with Crippen LogP contribution in [0.2, 0.25) is 0 Å². The number of aryl methyl sites for hydroxylation is 2. The standard InChI is InChI=1S/C18H24N6O4/c1-10-8-13-14(9-12(10)20-5-4-19)24(6-2-11(26)3-7-25)16-15(21-13)17(27)23-18(28)22-16/h8-9,11,20,25-26H,2-7,19H2,1H3,(H,23,27,28). The number of aromatic amines is 1. The normalized spacial score (nSPS) is 12.6. The maximum absolute atomic E-state index is 12.2. The zero-order valence-corrected chi connectivity index (χ0v) is 15.6. The lowest BCUT2D eigenvalue weighted by Crippen LogP contribution is -2.29. The van der Waals surface area contributed by atoms with Gasteiger partial charge in [-0.3, -0.25) is 9.78 Å². The second-order valence-electron chi connectivity index (χ2n) is 6.63. The van der Waals surface area contributed by atoms with Gasteiger partial charge in [-0.1, -0.05) is 0 Å². The molecule has 2 heterocycles. The Morgan fingerprint density at radius 3 is 2.79 bits per heavy atom. The van der Waals surface area contributed by atoms with Crippen molar-refractivity contribution in [1.29, 1.82) is 0 Å². The molecule has 1 unspecified atom stereocenters. The average Bonchev–Trinajstić information content (AvgIpc) is 2.64. The number of hydrogen-bond donors (Lipinski definition) is 5. The molecule has 10 nitrogen and oxygen atoms in total. The number of benzene rings is 1. The molecule has 0 radical (unpaired) electrons. The maximum Gasteiger partial charge on any atom is 0.349 e. The van der Waals surface area contributed by atoms with Gasteiger partial charge in [-0.15, -0.1) is 0 Å². The molecule has 0 fully saturated rings. The van der Waals surface area contributed by atoms with Crippen molar-refractivity contribution in [2.75, 3.05) is 25.0 Å². The molecule has 6 N–H and O–H groups in total. The lowest BCUT2D eigenvalue weighted by Gasteiger charge is -2.19. The summed E-state index contributed by atoms with van der Waals surface area (Å²) in [7, 11) is 0. The van der Waals surface area contributed by atoms with Crippen LogP contribution in [0.3, 0.4) is 0 Å². The van der Waals surface area contributed by atoms with Crippen molar-refractivity contribution in [2.24, 2.45) is 5.73 Å². The lowest BCUT2D eigenvalue weighted by molar-refractivity contribution is 0.121. The van der Waals surface area contributed by atoms with Crippen LogP contribution in [-0.2, 0) is 6.54 Å². The Bertz CT molecular complexity index is 1060. The zero-order chi connectivity index (χ0) is 20.3. The van der Waals surface area contributed by atoms with Gasteiger partial charge in [0.1, 0.15) is 0 Å². The van der Waals surface area contributed by atoms with E-state index in [9.17, 15) is 14.7 Å². The zero-order valence-electron chi connectivity index (χ0n) is 15.6. The van der Waals surface area contributed by atoms with E-state index >= 15 is 0 Å². The summed E-state index contributed by atoms with van der Waals surface area (Å²) < 4.78 is 1.71. The van der Waals surface area contributed by atoms with Crippen LogP contribution >= 0.6 is 0 Å². The molecule has 0 spiro atoms. The van der Waals surface area contributed by atoms with Gasteiger partial charge in [-0.05, 0) is 37.5 Å². The predicted octanol–water partition coefficient (Wildman–Crippen LogP) is -0.603. The molecule has 0 saturated carbocycles. The smallest absolute Gasteiger partial charge is 0.349 e. The van der Waals surface area contributed by atoms with Gasteiger partial charge in [0, 0.05) is 31.9 Å². The van der Waals surface area contributed by atoms with Crippen molar-refractivity contribution >= 4 is 16.7 Å². The van der Waals surface area contributed by atoms with Gasteiger partial charge >= 0.3 is 5.69 Å². The summed E-state index contributed by atoms with van der Waals surface area (Å²) in [5, 5.41) is 22.3. The molecular weight excluding hydrogens is 364 g/mol. The number of nitrogens with zero attached hydrogens (tertiary/aromatic N) is 3. The number of H-pyrrole nitrogens is 1. The van der Waals surface area contributed by atoms with Crippen LogP contribution in [0.4, 0.5) is 5.69 Å². The lowest BCUT2D eigenvalue weighted by atomic mass is 10.1. The number of nitrogens with two attached hydrogens (primary N) is 1. The molecular formula is C18H24N6O4. The Morgan fingerprint density at radius 2 is 2.07 bits per heavy atom. The topological polar surface area (TPSA) is 159 Å². The molecule has 2 aliphatic heterocycles. The summed E-state index contributed by atoms with van der Waals surface area (Å²) in [4.78, 5) is 34.5. The quantitative estimate of drug-likeness (QED) is 0.320. The molecule has 0 bridgehead atoms. The SMILES string of the molecule is Cc1cc2nc3c(=O)[nH]c(=O)nc-3n(CCC(O)CCO)c2cc1NCCN. The molecule has 0 saturated heterocycles. The van der Waals surface area contributed by atoms with Crippen molar-refractivity contribution in [2.45, 2.75) is 32.4 Å². The van der Waals surface area contributed by atoms with Crippen LogP contribution in [0.5, 0.6) is 0 Å². The van der Waals surface area contributed by atoms with Crippen LogP contribution in [0.25, 0.3) is 22.6 Å². The van der Waals surface area contributed by atoms with E-state index in [-0.39, 0.29) is 24.5 Å². The van der Waals surface area contributed by atoms with E-state index < -0.39 is 17.4 Å². The minimum Gasteiger partial charge on any atom is -0.396 e. The van der Waals surface area contributed by atoms with Gasteiger partial charge in [0.05, 0.1) is 17.1 Å². The number of aliphatic hydroxyl groups excluding tert-OH is 2. The Morgan fingerprint density at radius 1 is 1.29 bits per heavy atom. The number of fused-ring (bicyclic) bond motifs is 2. The highest BCUT2D eigenvalue weighted by Crippen LogP contribution is 2.27. The Kier molecular flexibility index (Phi) is 6.02. The van der Waals surface area contributed by atoms with Gasteiger partial charge in [0.15, 0.2) is 11.5 Å². The van der Waals surface area contributed by atoms with Crippen molar-refractivity contribution in [3.63, 3.8) is 0 Å². The molecule has 150 valence electrons. The molecule has 1 aromatic carbocycles. The van der Waals surface area contributed by atoms with Crippen LogP contribution in [0.15, 0.2) is 21.7 Å². The van der Waals surface area contributed by atoms with Crippen molar-refractivity contribution in [1.82, 2.24) is 19.5 Å². The highest BCUT2D eigenvalue weighted by molar-refractivity contribution is 5.84. The number of hydrogen-bond acceptors (Lipinski definition) is 8. The Balaban J connectivity index is 2.22. The summed E-state index contributed by atoms with van der Waals surface area (Å²) in [6.07, 6.45) is -0.156. The van der Waals surface area contributed by atoms with E-state index in [0.29, 0.717) is 37.1 Å². The Hall–Kier alpha value is -2.82. The molecule has 1 aromatic rings. The van der Waals surface area contributed by atoms with E-state index in [2.05, 4.69) is 20.3 Å². The van der Waals surface area contributed by atoms with Gasteiger partial charge in [0.2, 0.25) is 0 Å². The summed E-state index contributed by atoms with van der Waals surface area (Å²) in [6, 6.07) is 3.72. The molecule has 0 aromatic heterocycles. The average molecular weight is 388 g/mol. The van der Waals surface area contributed by atoms with E-state index in [1.54, 1.807) is 4.57 Å². The molecule has 3 rings (SSSR count). The summed E-state index contributed by atoms with van der Waals surface area (Å²) in [6.45, 7) is 3.15. The Labute approximate surface area is 160 Å². The second kappa shape index (κ2) is 8.46. The largest absolute Gasteiger partial charge is 0.396 e. The number of aliphatic hydroxyl groups is 2. The maximum atomic E-state index is 12.2. The van der Waals surface area contributed by atoms with E-state index in [1.165, 1.54) is 0 Å². The molecule has 2 aliphatic rings. The van der Waals surface area contributed by atoms with Crippen molar-refractivity contribution in [3.05, 3.63) is 38.5 Å². The number of nitrogens with one attached hydrogen (secondary N) is 2. The fourth-order valence-corrected chi connectivity index (χ4v) is 3.14. The van der Waals surface area contributed by atoms with E-state index in [1.807, 2.05) is 19.1 Å². The summed E-state index contributed by atoms with van der Waals surface area (Å²) in [5.41, 5.74) is 7.32. The third kappa shape index (κ3) is 4.03. The first-order chi connectivity index (χ1) is 13.4. The van der Waals surface area contributed by atoms with Gasteiger partial charge < -0.3 is 25.8 Å². The van der Waals surface area contributed by atoms with E-state index in [0.717, 1.165) is 11.3 Å². The predicted molar refractivity (Wildman–Crippen MR) is 106 cm³/mol. The minimum atomic E-state index is -0.753. The first kappa shape index (κ1) is 19.9. The molecule has 1 atom stereocenters. The fourth-order valence-electron chi connectivity index (χ4n) is 3.14. The van der Waals surface area contributed by atoms with Crippen LogP contribution < -0.4 is 22.3 Å². The first-order valence-electron chi connectivity index (χ1n) is 9.12. The molecule has 0 aliphatic carbocycles. The van der Waals surface area contributed by atoms with Crippen molar-refractivity contribution < 1.29 is 10.2 Å². The van der Waals surface area contributed by atoms with Crippen LogP contribution in [0, 0.1) is 6.92 Å². The fraction of sp³-hybridized carbons (Fsp3) is 0.444. The first-order valence-corrected chi connectivity index (χ1v) is 9.12. The van der Waals surface area contributed by atoms with Crippen molar-refractivity contribution in [3.8, 4) is 11.5 Å². The molecule has 28 heavy (non-hydrogen) atoms. The summed E-state index contributed by atoms with van der Waals surface area (Å²) >= 11 is 0.